The van der Waals surface area contributed by atoms with E-state index in [1.54, 1.807) is 45.0 Å². The Morgan fingerprint density at radius 1 is 1.02 bits per heavy atom. The second-order valence-corrected chi connectivity index (χ2v) is 14.7. The number of fused-ring (bicyclic) bond motifs is 6. The van der Waals surface area contributed by atoms with Gasteiger partial charge >= 0.3 is 19.7 Å². The van der Waals surface area contributed by atoms with Crippen molar-refractivity contribution in [3.63, 3.8) is 0 Å². The summed E-state index contributed by atoms with van der Waals surface area (Å²) in [6, 6.07) is 16.1. The van der Waals surface area contributed by atoms with Crippen LogP contribution in [-0.4, -0.2) is 47.4 Å². The fourth-order valence-electron chi connectivity index (χ4n) is 5.24. The Balaban J connectivity index is 1.53. The van der Waals surface area contributed by atoms with Gasteiger partial charge in [-0.15, -0.1) is 0 Å². The topological polar surface area (TPSA) is 135 Å². The maximum absolute atomic E-state index is 14.2. The summed E-state index contributed by atoms with van der Waals surface area (Å²) >= 11 is 0. The van der Waals surface area contributed by atoms with Crippen LogP contribution in [0.25, 0.3) is 0 Å². The van der Waals surface area contributed by atoms with Crippen LogP contribution in [0.5, 0.6) is 17.2 Å². The first kappa shape index (κ1) is 32.3. The van der Waals surface area contributed by atoms with E-state index in [4.69, 9.17) is 19.1 Å². The molecule has 10 nitrogen and oxygen atoms in total. The first-order valence-corrected chi connectivity index (χ1v) is 15.7. The smallest absolute Gasteiger partial charge is 0.405 e. The van der Waals surface area contributed by atoms with E-state index in [2.05, 4.69) is 15.7 Å². The van der Waals surface area contributed by atoms with Crippen molar-refractivity contribution >= 4 is 25.1 Å². The van der Waals surface area contributed by atoms with Crippen LogP contribution in [0.15, 0.2) is 60.7 Å². The van der Waals surface area contributed by atoms with Gasteiger partial charge in [0.1, 0.15) is 30.3 Å². The lowest BCUT2D eigenvalue weighted by molar-refractivity contribution is -0.138. The molecule has 2 aliphatic heterocycles. The summed E-state index contributed by atoms with van der Waals surface area (Å²) in [6.07, 6.45) is -4.42. The minimum absolute atomic E-state index is 0.133. The number of benzene rings is 3. The molecule has 0 fully saturated rings. The first-order chi connectivity index (χ1) is 21.0. The number of ether oxygens (including phenoxy) is 2. The molecule has 14 heteroatoms. The molecule has 0 saturated heterocycles. The molecule has 0 aromatic heterocycles. The monoisotopic (exact) mass is 647 g/mol. The van der Waals surface area contributed by atoms with E-state index in [9.17, 15) is 27.3 Å². The number of halogens is 3. The van der Waals surface area contributed by atoms with Crippen molar-refractivity contribution in [2.24, 2.45) is 0 Å². The molecule has 3 atom stereocenters. The lowest BCUT2D eigenvalue weighted by Crippen LogP contribution is -2.45. The Morgan fingerprint density at radius 2 is 1.69 bits per heavy atom. The molecule has 5 rings (SSSR count). The van der Waals surface area contributed by atoms with E-state index < -0.39 is 55.5 Å². The molecule has 4 N–H and O–H groups in total. The number of carbonyl (C=O) groups is 2. The van der Waals surface area contributed by atoms with Gasteiger partial charge in [0.25, 0.3) is 0 Å². The van der Waals surface area contributed by atoms with Crippen LogP contribution in [0.1, 0.15) is 49.9 Å². The van der Waals surface area contributed by atoms with Gasteiger partial charge < -0.3 is 29.7 Å². The molecule has 240 valence electrons. The third kappa shape index (κ3) is 6.38. The number of alkyl halides is 3. The maximum Gasteiger partial charge on any atom is 0.405 e. The van der Waals surface area contributed by atoms with Gasteiger partial charge in [0.05, 0.1) is 17.8 Å². The van der Waals surface area contributed by atoms with E-state index >= 15 is 0 Å². The predicted octanol–water partition coefficient (Wildman–Crippen LogP) is 6.14. The molecular weight excluding hydrogens is 614 g/mol. The standard InChI is InChI=1S/C31H33F3N3O7P/c1-18(28(40)35-15-27(38)39)37-45(41,29(2,3)4)44-21-10-12-24-26(14-21)43-25-13-20(36-17-30(32,33)34)9-11-23(25)31(24)22-8-6-5-7-19(22)16-42-31/h5-14,18,36H,15-17H2,1-4H3,(H,35,40)(H,37,41)(H,38,39)/t18-,31?,45?/m0/s1. The Bertz CT molecular complexity index is 1690. The number of hydrogen-bond acceptors (Lipinski definition) is 7. The molecular formula is C31H33F3N3O7P. The largest absolute Gasteiger partial charge is 0.480 e. The minimum Gasteiger partial charge on any atom is -0.480 e. The summed E-state index contributed by atoms with van der Waals surface area (Å²) in [5.74, 6) is -1.23. The number of nitrogens with one attached hydrogen (secondary N) is 3. The van der Waals surface area contributed by atoms with Crippen LogP contribution in [0.2, 0.25) is 0 Å². The molecule has 2 heterocycles. The number of carboxylic acids is 1. The second kappa shape index (κ2) is 11.7. The zero-order valence-electron chi connectivity index (χ0n) is 24.9. The fraction of sp³-hybridized carbons (Fsp3) is 0.355. The Labute approximate surface area is 257 Å². The van der Waals surface area contributed by atoms with Crippen molar-refractivity contribution in [3.05, 3.63) is 82.9 Å². The average Bonchev–Trinajstić information content (AvgIpc) is 3.33. The van der Waals surface area contributed by atoms with Crippen LogP contribution < -0.4 is 25.0 Å². The zero-order chi connectivity index (χ0) is 32.8. The van der Waals surface area contributed by atoms with Crippen LogP contribution in [0, 0.1) is 0 Å². The third-order valence-electron chi connectivity index (χ3n) is 7.53. The minimum atomic E-state index is -4.42. The highest BCUT2D eigenvalue weighted by Crippen LogP contribution is 2.59. The molecule has 0 saturated carbocycles. The molecule has 2 aliphatic rings. The van der Waals surface area contributed by atoms with Gasteiger partial charge in [0, 0.05) is 28.9 Å². The number of rotatable bonds is 9. The van der Waals surface area contributed by atoms with Crippen molar-refractivity contribution < 1.29 is 46.4 Å². The summed E-state index contributed by atoms with van der Waals surface area (Å²) in [5, 5.41) is 15.3. The molecule has 1 spiro atoms. The van der Waals surface area contributed by atoms with Gasteiger partial charge in [-0.3, -0.25) is 14.2 Å². The number of carboxylic acid groups (broad SMARTS) is 1. The number of aliphatic carboxylic acids is 1. The molecule has 2 unspecified atom stereocenters. The Kier molecular flexibility index (Phi) is 8.41. The summed E-state index contributed by atoms with van der Waals surface area (Å²) in [6.45, 7) is 4.90. The van der Waals surface area contributed by atoms with E-state index in [1.807, 2.05) is 24.3 Å². The normalized spacial score (nSPS) is 18.9. The van der Waals surface area contributed by atoms with E-state index in [0.29, 0.717) is 11.1 Å². The van der Waals surface area contributed by atoms with Crippen molar-refractivity contribution in [1.82, 2.24) is 10.4 Å². The number of anilines is 1. The molecule has 3 aromatic carbocycles. The summed E-state index contributed by atoms with van der Waals surface area (Å²) < 4.78 is 71.9. The summed E-state index contributed by atoms with van der Waals surface area (Å²) in [4.78, 5) is 23.3. The van der Waals surface area contributed by atoms with Crippen molar-refractivity contribution in [3.8, 4) is 17.2 Å². The third-order valence-corrected chi connectivity index (χ3v) is 10.5. The fourth-order valence-corrected chi connectivity index (χ4v) is 6.99. The lowest BCUT2D eigenvalue weighted by atomic mass is 9.77. The van der Waals surface area contributed by atoms with Gasteiger partial charge in [-0.2, -0.15) is 13.2 Å². The Hall–Kier alpha value is -4.06. The van der Waals surface area contributed by atoms with Gasteiger partial charge in [0.15, 0.2) is 5.60 Å². The van der Waals surface area contributed by atoms with E-state index in [0.717, 1.165) is 11.1 Å². The number of hydrogen-bond donors (Lipinski definition) is 4. The molecule has 0 aliphatic carbocycles. The average molecular weight is 648 g/mol. The van der Waals surface area contributed by atoms with E-state index in [1.165, 1.54) is 19.1 Å². The van der Waals surface area contributed by atoms with Gasteiger partial charge in [-0.05, 0) is 63.1 Å². The molecule has 1 amide bonds. The Morgan fingerprint density at radius 3 is 2.36 bits per heavy atom. The highest BCUT2D eigenvalue weighted by atomic mass is 31.2. The van der Waals surface area contributed by atoms with Gasteiger partial charge in [-0.25, -0.2) is 5.09 Å². The first-order valence-electron chi connectivity index (χ1n) is 14.1. The van der Waals surface area contributed by atoms with Crippen LogP contribution in [-0.2, 0) is 31.1 Å². The quantitative estimate of drug-likeness (QED) is 0.202. The molecule has 0 bridgehead atoms. The number of carbonyl (C=O) groups excluding carboxylic acids is 1. The molecule has 3 aromatic rings. The lowest BCUT2D eigenvalue weighted by Gasteiger charge is -2.38. The van der Waals surface area contributed by atoms with Gasteiger partial charge in [-0.1, -0.05) is 24.3 Å². The SMILES string of the molecule is C[C@H](NP(=O)(Oc1ccc2c(c1)Oc1cc(NCC(F)(F)F)ccc1C21OCc2ccccc21)C(C)(C)C)C(=O)NCC(=O)O. The predicted molar refractivity (Wildman–Crippen MR) is 160 cm³/mol. The zero-order valence-corrected chi connectivity index (χ0v) is 25.8. The van der Waals surface area contributed by atoms with Crippen LogP contribution in [0.4, 0.5) is 18.9 Å². The van der Waals surface area contributed by atoms with Crippen LogP contribution in [0.3, 0.4) is 0 Å². The van der Waals surface area contributed by atoms with Crippen molar-refractivity contribution in [2.45, 2.75) is 57.3 Å². The summed E-state index contributed by atoms with van der Waals surface area (Å²) in [7, 11) is -3.87. The molecule has 45 heavy (non-hydrogen) atoms. The highest BCUT2D eigenvalue weighted by molar-refractivity contribution is 7.59. The van der Waals surface area contributed by atoms with Crippen molar-refractivity contribution in [1.29, 1.82) is 0 Å². The van der Waals surface area contributed by atoms with Gasteiger partial charge in [0.2, 0.25) is 5.91 Å². The summed E-state index contributed by atoms with van der Waals surface area (Å²) in [5.41, 5.74) is 2.07. The highest BCUT2D eigenvalue weighted by Gasteiger charge is 2.50. The van der Waals surface area contributed by atoms with Crippen LogP contribution >= 0.6 is 7.52 Å². The molecule has 0 radical (unpaired) electrons. The second-order valence-electron chi connectivity index (χ2n) is 11.8. The maximum atomic E-state index is 14.2. The van der Waals surface area contributed by atoms with Crippen molar-refractivity contribution in [2.75, 3.05) is 18.4 Å². The number of amides is 1. The van der Waals surface area contributed by atoms with E-state index in [-0.39, 0.29) is 29.5 Å².